The highest BCUT2D eigenvalue weighted by Crippen LogP contribution is 2.35. The van der Waals surface area contributed by atoms with Gasteiger partial charge in [-0.3, -0.25) is 14.8 Å². The molecule has 0 N–H and O–H groups in total. The van der Waals surface area contributed by atoms with E-state index in [4.69, 9.17) is 0 Å². The summed E-state index contributed by atoms with van der Waals surface area (Å²) < 4.78 is 28.1. The number of allylic oxidation sites excluding steroid dienone is 1. The Kier molecular flexibility index (Phi) is 5.33. The molecule has 29 heavy (non-hydrogen) atoms. The Labute approximate surface area is 171 Å². The number of fused-ring (bicyclic) bond motifs is 1. The first-order valence-corrected chi connectivity index (χ1v) is 11.1. The Morgan fingerprint density at radius 3 is 2.59 bits per heavy atom. The highest BCUT2D eigenvalue weighted by Gasteiger charge is 2.33. The second kappa shape index (κ2) is 7.78. The largest absolute Gasteiger partial charge is 0.304 e. The van der Waals surface area contributed by atoms with E-state index < -0.39 is 10.0 Å². The maximum Gasteiger partial charge on any atom is 0.243 e. The zero-order valence-corrected chi connectivity index (χ0v) is 17.4. The lowest BCUT2D eigenvalue weighted by atomic mass is 10.0. The molecular formula is C21H24N4O3S. The van der Waals surface area contributed by atoms with E-state index in [1.54, 1.807) is 22.8 Å². The predicted octanol–water partition coefficient (Wildman–Crippen LogP) is 1.75. The van der Waals surface area contributed by atoms with Crippen LogP contribution in [0.1, 0.15) is 23.9 Å². The average molecular weight is 413 g/mol. The van der Waals surface area contributed by atoms with Gasteiger partial charge in [-0.25, -0.2) is 8.42 Å². The van der Waals surface area contributed by atoms with Crippen LogP contribution in [0.3, 0.4) is 0 Å². The van der Waals surface area contributed by atoms with Crippen LogP contribution in [0, 0.1) is 0 Å². The van der Waals surface area contributed by atoms with Crippen molar-refractivity contribution in [3.05, 3.63) is 53.6 Å². The summed E-state index contributed by atoms with van der Waals surface area (Å²) in [5.74, 6) is 0.0465. The number of likely N-dealkylation sites (N-methyl/N-ethyl adjacent to an activating group) is 1. The Bertz CT molecular complexity index is 1090. The fourth-order valence-electron chi connectivity index (χ4n) is 3.75. The second-order valence-electron chi connectivity index (χ2n) is 7.61. The molecule has 0 radical (unpaired) electrons. The highest BCUT2D eigenvalue weighted by atomic mass is 32.2. The maximum atomic E-state index is 13.2. The highest BCUT2D eigenvalue weighted by molar-refractivity contribution is 7.98. The number of ketones is 1. The van der Waals surface area contributed by atoms with Crippen LogP contribution >= 0.6 is 0 Å². The summed E-state index contributed by atoms with van der Waals surface area (Å²) in [6.07, 6.45) is 5.98. The van der Waals surface area contributed by atoms with Crippen molar-refractivity contribution in [2.75, 3.05) is 33.2 Å². The first-order valence-electron chi connectivity index (χ1n) is 9.67. The molecule has 3 heterocycles. The summed E-state index contributed by atoms with van der Waals surface area (Å²) in [6, 6.07) is 5.60. The smallest absolute Gasteiger partial charge is 0.243 e. The molecule has 2 aromatic heterocycles. The van der Waals surface area contributed by atoms with Crippen LogP contribution in [-0.4, -0.2) is 66.6 Å². The van der Waals surface area contributed by atoms with E-state index >= 15 is 0 Å². The van der Waals surface area contributed by atoms with Crippen LogP contribution in [0.2, 0.25) is 0 Å². The molecule has 2 aromatic rings. The number of sulfonamides is 1. The fraction of sp³-hybridized carbons (Fsp3) is 0.381. The topological polar surface area (TPSA) is 83.5 Å². The van der Waals surface area contributed by atoms with Gasteiger partial charge >= 0.3 is 0 Å². The normalized spacial score (nSPS) is 17.8. The molecule has 7 nitrogen and oxygen atoms in total. The number of Topliss-reactive ketones (excluding diaryl/α,β-unsaturated/α-hetero) is 1. The molecule has 0 aromatic carbocycles. The van der Waals surface area contributed by atoms with Crippen LogP contribution in [0.15, 0.2) is 36.7 Å². The molecule has 0 atom stereocenters. The van der Waals surface area contributed by atoms with Gasteiger partial charge in [0.15, 0.2) is 0 Å². The van der Waals surface area contributed by atoms with E-state index in [1.807, 2.05) is 25.2 Å². The van der Waals surface area contributed by atoms with Gasteiger partial charge in [0.25, 0.3) is 0 Å². The Morgan fingerprint density at radius 1 is 1.10 bits per heavy atom. The molecule has 0 spiro atoms. The molecular weight excluding hydrogens is 388 g/mol. The average Bonchev–Trinajstić information content (AvgIpc) is 3.12. The molecule has 1 fully saturated rings. The first-order chi connectivity index (χ1) is 13.8. The van der Waals surface area contributed by atoms with Crippen molar-refractivity contribution in [1.29, 1.82) is 0 Å². The van der Waals surface area contributed by atoms with Gasteiger partial charge in [0.05, 0.1) is 10.6 Å². The number of carbonyl (C=O) groups excluding carboxylic acids is 1. The van der Waals surface area contributed by atoms with E-state index in [0.717, 1.165) is 29.9 Å². The van der Waals surface area contributed by atoms with Gasteiger partial charge in [-0.1, -0.05) is 6.08 Å². The minimum atomic E-state index is -3.55. The first kappa shape index (κ1) is 19.9. The molecule has 8 heteroatoms. The number of hydrogen-bond acceptors (Lipinski definition) is 6. The van der Waals surface area contributed by atoms with Gasteiger partial charge in [-0.05, 0) is 37.7 Å². The molecule has 1 aliphatic carbocycles. The lowest BCUT2D eigenvalue weighted by Crippen LogP contribution is -2.47. The van der Waals surface area contributed by atoms with Gasteiger partial charge in [0.2, 0.25) is 10.0 Å². The van der Waals surface area contributed by atoms with Crippen molar-refractivity contribution in [3.8, 4) is 11.1 Å². The Morgan fingerprint density at radius 2 is 1.86 bits per heavy atom. The minimum absolute atomic E-state index is 0.0465. The number of carbonyl (C=O) groups is 1. The zero-order valence-electron chi connectivity index (χ0n) is 16.6. The number of hydrogen-bond donors (Lipinski definition) is 0. The third-order valence-electron chi connectivity index (χ3n) is 5.38. The molecule has 2 aliphatic rings. The van der Waals surface area contributed by atoms with Gasteiger partial charge in [-0.15, -0.1) is 0 Å². The van der Waals surface area contributed by atoms with Gasteiger partial charge < -0.3 is 4.90 Å². The number of pyridine rings is 2. The van der Waals surface area contributed by atoms with E-state index in [-0.39, 0.29) is 12.2 Å². The van der Waals surface area contributed by atoms with Crippen molar-refractivity contribution in [3.63, 3.8) is 0 Å². The van der Waals surface area contributed by atoms with E-state index in [0.29, 0.717) is 35.7 Å². The van der Waals surface area contributed by atoms with Gasteiger partial charge in [0, 0.05) is 68.2 Å². The third kappa shape index (κ3) is 4.01. The predicted molar refractivity (Wildman–Crippen MR) is 112 cm³/mol. The molecule has 0 bridgehead atoms. The summed E-state index contributed by atoms with van der Waals surface area (Å²) >= 11 is 0. The summed E-state index contributed by atoms with van der Waals surface area (Å²) in [5, 5.41) is 0. The van der Waals surface area contributed by atoms with Crippen molar-refractivity contribution in [1.82, 2.24) is 19.2 Å². The minimum Gasteiger partial charge on any atom is -0.304 e. The number of rotatable bonds is 5. The van der Waals surface area contributed by atoms with Crippen LogP contribution in [0.5, 0.6) is 0 Å². The molecule has 0 amide bonds. The van der Waals surface area contributed by atoms with Crippen LogP contribution < -0.4 is 0 Å². The van der Waals surface area contributed by atoms with E-state index in [9.17, 15) is 13.2 Å². The van der Waals surface area contributed by atoms with Crippen molar-refractivity contribution < 1.29 is 13.2 Å². The third-order valence-corrected chi connectivity index (χ3v) is 7.36. The van der Waals surface area contributed by atoms with Gasteiger partial charge in [0.1, 0.15) is 5.78 Å². The summed E-state index contributed by atoms with van der Waals surface area (Å²) in [6.45, 7) is 3.99. The molecule has 1 aliphatic heterocycles. The summed E-state index contributed by atoms with van der Waals surface area (Å²) in [7, 11) is -1.55. The zero-order chi connectivity index (χ0) is 20.6. The van der Waals surface area contributed by atoms with Crippen molar-refractivity contribution in [2.45, 2.75) is 19.8 Å². The van der Waals surface area contributed by atoms with Gasteiger partial charge in [-0.2, -0.15) is 4.31 Å². The monoisotopic (exact) mass is 412 g/mol. The van der Waals surface area contributed by atoms with E-state index in [1.165, 1.54) is 6.92 Å². The quantitative estimate of drug-likeness (QED) is 0.744. The summed E-state index contributed by atoms with van der Waals surface area (Å²) in [4.78, 5) is 22.6. The lowest BCUT2D eigenvalue weighted by molar-refractivity contribution is -0.116. The molecule has 4 rings (SSSR count). The van der Waals surface area contributed by atoms with Crippen LogP contribution in [0.25, 0.3) is 16.0 Å². The second-order valence-corrected chi connectivity index (χ2v) is 9.52. The number of piperazine rings is 1. The van der Waals surface area contributed by atoms with Crippen LogP contribution in [-0.2, 0) is 27.7 Å². The lowest BCUT2D eigenvalue weighted by Gasteiger charge is -2.32. The summed E-state index contributed by atoms with van der Waals surface area (Å²) in [5.41, 5.74) is 3.83. The molecule has 1 saturated heterocycles. The molecule has 152 valence electrons. The van der Waals surface area contributed by atoms with Crippen LogP contribution in [0.4, 0.5) is 0 Å². The van der Waals surface area contributed by atoms with E-state index in [2.05, 4.69) is 14.9 Å². The standard InChI is InChI=1S/C21H24N4O3S/c1-15(26)11-18-12-16(5-6-22-18)17-13-19-20(23-14-17)3-4-21(19)29(27,28)25-9-7-24(2)8-10-25/h4-6,12-14H,3,7-11H2,1-2H3. The maximum absolute atomic E-state index is 13.2. The molecule has 0 saturated carbocycles. The number of nitrogens with zero attached hydrogens (tertiary/aromatic N) is 4. The SMILES string of the molecule is CC(=O)Cc1cc(-c2cnc3c(c2)C(S(=O)(=O)N2CCN(C)CC2)=CC3)ccn1. The number of aromatic nitrogens is 2. The Hall–Kier alpha value is -2.42. The van der Waals surface area contributed by atoms with Crippen molar-refractivity contribution >= 4 is 20.7 Å². The van der Waals surface area contributed by atoms with Crippen molar-refractivity contribution in [2.24, 2.45) is 0 Å². The fourth-order valence-corrected chi connectivity index (χ4v) is 5.42. The molecule has 0 unspecified atom stereocenters. The Balaban J connectivity index is 1.66.